The van der Waals surface area contributed by atoms with Gasteiger partial charge >= 0.3 is 0 Å². The van der Waals surface area contributed by atoms with Crippen LogP contribution in [-0.2, 0) is 0 Å². The monoisotopic (exact) mass is 175 g/mol. The van der Waals surface area contributed by atoms with Crippen LogP contribution < -0.4 is 5.32 Å². The molecule has 0 spiro atoms. The maximum absolute atomic E-state index is 3.24. The molecule has 0 rings (SSSR count). The normalized spacial score (nSPS) is 16.4. The van der Waals surface area contributed by atoms with Crippen LogP contribution in [0.3, 0.4) is 0 Å². The number of nitrogens with one attached hydrogen (secondary N) is 1. The Morgan fingerprint density at radius 1 is 1.36 bits per heavy atom. The van der Waals surface area contributed by atoms with E-state index in [1.54, 1.807) is 0 Å². The molecule has 0 saturated heterocycles. The van der Waals surface area contributed by atoms with Crippen molar-refractivity contribution >= 4 is 11.8 Å². The predicted octanol–water partition coefficient (Wildman–Crippen LogP) is 2.52. The molecule has 0 aliphatic rings. The molecule has 1 nitrogen and oxygen atoms in total. The molecule has 0 aromatic heterocycles. The zero-order valence-corrected chi connectivity index (χ0v) is 9.00. The Balaban J connectivity index is 3.13. The van der Waals surface area contributed by atoms with E-state index in [1.807, 2.05) is 7.05 Å². The lowest BCUT2D eigenvalue weighted by Crippen LogP contribution is -2.21. The maximum atomic E-state index is 3.24. The van der Waals surface area contributed by atoms with Crippen molar-refractivity contribution in [1.82, 2.24) is 5.32 Å². The summed E-state index contributed by atoms with van der Waals surface area (Å²) in [4.78, 5) is 0. The molecule has 0 aromatic carbocycles. The largest absolute Gasteiger partial charge is 0.317 e. The molecule has 0 radical (unpaired) electrons. The Morgan fingerprint density at radius 2 is 2.00 bits per heavy atom. The Labute approximate surface area is 75.3 Å². The van der Waals surface area contributed by atoms with Gasteiger partial charge in [0.1, 0.15) is 0 Å². The van der Waals surface area contributed by atoms with Crippen molar-refractivity contribution in [2.75, 3.05) is 12.8 Å². The first kappa shape index (κ1) is 11.3. The van der Waals surface area contributed by atoms with E-state index >= 15 is 0 Å². The molecule has 0 amide bonds. The summed E-state index contributed by atoms with van der Waals surface area (Å²) in [5.74, 6) is 1.29. The van der Waals surface area contributed by atoms with E-state index in [-0.39, 0.29) is 0 Å². The molecule has 0 bridgehead atoms. The highest BCUT2D eigenvalue weighted by Crippen LogP contribution is 2.14. The van der Waals surface area contributed by atoms with Gasteiger partial charge in [0.05, 0.1) is 0 Å². The van der Waals surface area contributed by atoms with E-state index in [9.17, 15) is 0 Å². The molecule has 0 aromatic rings. The molecule has 2 atom stereocenters. The van der Waals surface area contributed by atoms with Crippen molar-refractivity contribution < 1.29 is 0 Å². The smallest absolute Gasteiger partial charge is 0.00435 e. The van der Waals surface area contributed by atoms with Gasteiger partial charge in [-0.25, -0.2) is 0 Å². The van der Waals surface area contributed by atoms with Crippen LogP contribution in [0, 0.1) is 0 Å². The summed E-state index contributed by atoms with van der Waals surface area (Å²) < 4.78 is 0. The number of rotatable bonds is 6. The molecule has 2 heteroatoms. The standard InChI is InChI=1S/C9H21NS/c1-5-9(3)11-7-6-8(2)10-4/h8-10H,5-7H2,1-4H3. The first-order valence-electron chi connectivity index (χ1n) is 4.49. The first-order chi connectivity index (χ1) is 5.20. The summed E-state index contributed by atoms with van der Waals surface area (Å²) in [5.41, 5.74) is 0. The van der Waals surface area contributed by atoms with Crippen molar-refractivity contribution in [3.8, 4) is 0 Å². The van der Waals surface area contributed by atoms with Gasteiger partial charge in [0.15, 0.2) is 0 Å². The quantitative estimate of drug-likeness (QED) is 0.666. The summed E-state index contributed by atoms with van der Waals surface area (Å²) in [6, 6.07) is 0.673. The minimum absolute atomic E-state index is 0.673. The van der Waals surface area contributed by atoms with E-state index in [2.05, 4.69) is 37.8 Å². The van der Waals surface area contributed by atoms with Gasteiger partial charge in [-0.2, -0.15) is 11.8 Å². The summed E-state index contributed by atoms with van der Waals surface area (Å²) in [6.45, 7) is 6.78. The number of hydrogen-bond acceptors (Lipinski definition) is 2. The number of thioether (sulfide) groups is 1. The fourth-order valence-corrected chi connectivity index (χ4v) is 1.84. The van der Waals surface area contributed by atoms with Crippen molar-refractivity contribution in [3.05, 3.63) is 0 Å². The third-order valence-electron chi connectivity index (χ3n) is 2.02. The second-order valence-electron chi connectivity index (χ2n) is 3.07. The van der Waals surface area contributed by atoms with Crippen molar-refractivity contribution in [2.24, 2.45) is 0 Å². The molecule has 0 saturated carbocycles. The Kier molecular flexibility index (Phi) is 7.18. The van der Waals surface area contributed by atoms with E-state index < -0.39 is 0 Å². The first-order valence-corrected chi connectivity index (χ1v) is 5.54. The van der Waals surface area contributed by atoms with Crippen LogP contribution in [-0.4, -0.2) is 24.1 Å². The average Bonchev–Trinajstić information content (AvgIpc) is 2.04. The molecule has 0 heterocycles. The van der Waals surface area contributed by atoms with Gasteiger partial charge in [0, 0.05) is 11.3 Å². The van der Waals surface area contributed by atoms with Crippen molar-refractivity contribution in [1.29, 1.82) is 0 Å². The minimum Gasteiger partial charge on any atom is -0.317 e. The zero-order chi connectivity index (χ0) is 8.69. The van der Waals surface area contributed by atoms with Crippen LogP contribution in [0.4, 0.5) is 0 Å². The third-order valence-corrected chi connectivity index (χ3v) is 3.39. The maximum Gasteiger partial charge on any atom is 0.00435 e. The fourth-order valence-electron chi connectivity index (χ4n) is 0.708. The molecule has 0 fully saturated rings. The van der Waals surface area contributed by atoms with Crippen LogP contribution >= 0.6 is 11.8 Å². The topological polar surface area (TPSA) is 12.0 Å². The molecule has 68 valence electrons. The van der Waals surface area contributed by atoms with E-state index in [4.69, 9.17) is 0 Å². The van der Waals surface area contributed by atoms with Crippen LogP contribution in [0.1, 0.15) is 33.6 Å². The zero-order valence-electron chi connectivity index (χ0n) is 8.18. The summed E-state index contributed by atoms with van der Waals surface area (Å²) in [5, 5.41) is 4.08. The summed E-state index contributed by atoms with van der Waals surface area (Å²) in [7, 11) is 2.03. The molecule has 0 aliphatic carbocycles. The Bertz CT molecular complexity index is 75.6. The molecular weight excluding hydrogens is 154 g/mol. The van der Waals surface area contributed by atoms with Crippen LogP contribution in [0.25, 0.3) is 0 Å². The lowest BCUT2D eigenvalue weighted by Gasteiger charge is -2.11. The SMILES string of the molecule is CCC(C)SCCC(C)NC. The molecular formula is C9H21NS. The van der Waals surface area contributed by atoms with E-state index in [1.165, 1.54) is 18.6 Å². The molecule has 11 heavy (non-hydrogen) atoms. The average molecular weight is 175 g/mol. The van der Waals surface area contributed by atoms with Gasteiger partial charge < -0.3 is 5.32 Å². The van der Waals surface area contributed by atoms with Gasteiger partial charge in [-0.05, 0) is 32.6 Å². The van der Waals surface area contributed by atoms with Gasteiger partial charge in [0.25, 0.3) is 0 Å². The van der Waals surface area contributed by atoms with Crippen molar-refractivity contribution in [3.63, 3.8) is 0 Å². The molecule has 2 unspecified atom stereocenters. The van der Waals surface area contributed by atoms with Crippen molar-refractivity contribution in [2.45, 2.75) is 44.9 Å². The predicted molar refractivity (Wildman–Crippen MR) is 55.3 cm³/mol. The highest BCUT2D eigenvalue weighted by Gasteiger charge is 2.01. The highest BCUT2D eigenvalue weighted by atomic mass is 32.2. The second-order valence-corrected chi connectivity index (χ2v) is 4.61. The second kappa shape index (κ2) is 6.99. The van der Waals surface area contributed by atoms with Crippen LogP contribution in [0.5, 0.6) is 0 Å². The molecule has 0 aliphatic heterocycles. The van der Waals surface area contributed by atoms with Gasteiger partial charge in [0.2, 0.25) is 0 Å². The Morgan fingerprint density at radius 3 is 2.45 bits per heavy atom. The fraction of sp³-hybridized carbons (Fsp3) is 1.00. The van der Waals surface area contributed by atoms with E-state index in [0.29, 0.717) is 6.04 Å². The van der Waals surface area contributed by atoms with E-state index in [0.717, 1.165) is 5.25 Å². The van der Waals surface area contributed by atoms with Gasteiger partial charge in [-0.1, -0.05) is 13.8 Å². The summed E-state index contributed by atoms with van der Waals surface area (Å²) in [6.07, 6.45) is 2.57. The third kappa shape index (κ3) is 6.70. The highest BCUT2D eigenvalue weighted by molar-refractivity contribution is 7.99. The van der Waals surface area contributed by atoms with Crippen LogP contribution in [0.2, 0.25) is 0 Å². The lowest BCUT2D eigenvalue weighted by atomic mass is 10.3. The van der Waals surface area contributed by atoms with Crippen LogP contribution in [0.15, 0.2) is 0 Å². The number of hydrogen-bond donors (Lipinski definition) is 1. The molecule has 1 N–H and O–H groups in total. The summed E-state index contributed by atoms with van der Waals surface area (Å²) >= 11 is 2.08. The lowest BCUT2D eigenvalue weighted by molar-refractivity contribution is 0.597. The van der Waals surface area contributed by atoms with Gasteiger partial charge in [-0.15, -0.1) is 0 Å². The van der Waals surface area contributed by atoms with Gasteiger partial charge in [-0.3, -0.25) is 0 Å². The minimum atomic E-state index is 0.673. The Hall–Kier alpha value is 0.310.